The fourth-order valence-corrected chi connectivity index (χ4v) is 0.888. The molecule has 0 aliphatic rings. The fourth-order valence-electron chi connectivity index (χ4n) is 0.888. The van der Waals surface area contributed by atoms with Crippen LogP contribution in [-0.4, -0.2) is 16.3 Å². The minimum absolute atomic E-state index is 0.0891. The maximum Gasteiger partial charge on any atom is 0.268 e. The van der Waals surface area contributed by atoms with Crippen LogP contribution in [0.3, 0.4) is 0 Å². The minimum Gasteiger partial charge on any atom is -0.383 e. The number of aryl methyl sites for hydroxylation is 1. The molecule has 0 radical (unpaired) electrons. The van der Waals surface area contributed by atoms with Crippen molar-refractivity contribution in [3.8, 4) is 0 Å². The third-order valence-corrected chi connectivity index (χ3v) is 1.68. The standard InChI is InChI=1S/C9H15N3O/c1-7(2)5-10-8-4-9(13)12(3)11-6-8/h4,6-7,10H,5H2,1-3H3. The Labute approximate surface area is 77.6 Å². The topological polar surface area (TPSA) is 46.9 Å². The molecule has 4 heteroatoms. The summed E-state index contributed by atoms with van der Waals surface area (Å²) in [6.45, 7) is 5.08. The van der Waals surface area contributed by atoms with Crippen molar-refractivity contribution in [3.63, 3.8) is 0 Å². The molecular weight excluding hydrogens is 166 g/mol. The molecular formula is C9H15N3O. The summed E-state index contributed by atoms with van der Waals surface area (Å²) < 4.78 is 1.31. The Hall–Kier alpha value is -1.32. The van der Waals surface area contributed by atoms with Crippen LogP contribution in [0.4, 0.5) is 5.69 Å². The monoisotopic (exact) mass is 181 g/mol. The SMILES string of the molecule is CC(C)CNc1cnn(C)c(=O)c1. The van der Waals surface area contributed by atoms with E-state index in [4.69, 9.17) is 0 Å². The first-order valence-corrected chi connectivity index (χ1v) is 4.37. The lowest BCUT2D eigenvalue weighted by Crippen LogP contribution is -2.19. The van der Waals surface area contributed by atoms with E-state index < -0.39 is 0 Å². The Bertz CT molecular complexity index is 330. The van der Waals surface area contributed by atoms with Gasteiger partial charge in [-0.25, -0.2) is 4.68 Å². The summed E-state index contributed by atoms with van der Waals surface area (Å²) in [6.07, 6.45) is 1.66. The third-order valence-electron chi connectivity index (χ3n) is 1.68. The van der Waals surface area contributed by atoms with Crippen molar-refractivity contribution in [2.45, 2.75) is 13.8 Å². The van der Waals surface area contributed by atoms with Crippen LogP contribution in [0.2, 0.25) is 0 Å². The van der Waals surface area contributed by atoms with E-state index in [2.05, 4.69) is 24.3 Å². The molecule has 4 nitrogen and oxygen atoms in total. The normalized spacial score (nSPS) is 10.5. The second-order valence-electron chi connectivity index (χ2n) is 3.48. The molecule has 1 N–H and O–H groups in total. The van der Waals surface area contributed by atoms with Crippen LogP contribution < -0.4 is 10.9 Å². The fraction of sp³-hybridized carbons (Fsp3) is 0.556. The second-order valence-corrected chi connectivity index (χ2v) is 3.48. The number of nitrogens with one attached hydrogen (secondary N) is 1. The van der Waals surface area contributed by atoms with Gasteiger partial charge in [-0.3, -0.25) is 4.79 Å². The van der Waals surface area contributed by atoms with Gasteiger partial charge in [0.2, 0.25) is 0 Å². The van der Waals surface area contributed by atoms with E-state index >= 15 is 0 Å². The van der Waals surface area contributed by atoms with E-state index in [9.17, 15) is 4.79 Å². The van der Waals surface area contributed by atoms with Gasteiger partial charge in [0.15, 0.2) is 0 Å². The zero-order valence-corrected chi connectivity index (χ0v) is 8.24. The van der Waals surface area contributed by atoms with Gasteiger partial charge in [0.05, 0.1) is 11.9 Å². The van der Waals surface area contributed by atoms with Crippen molar-refractivity contribution >= 4 is 5.69 Å². The van der Waals surface area contributed by atoms with E-state index in [-0.39, 0.29) is 5.56 Å². The van der Waals surface area contributed by atoms with Gasteiger partial charge in [0.25, 0.3) is 5.56 Å². The lowest BCUT2D eigenvalue weighted by atomic mass is 10.2. The Morgan fingerprint density at radius 1 is 1.62 bits per heavy atom. The largest absolute Gasteiger partial charge is 0.383 e. The smallest absolute Gasteiger partial charge is 0.268 e. The van der Waals surface area contributed by atoms with Crippen molar-refractivity contribution in [2.75, 3.05) is 11.9 Å². The Kier molecular flexibility index (Phi) is 3.06. The van der Waals surface area contributed by atoms with Gasteiger partial charge in [0, 0.05) is 19.7 Å². The van der Waals surface area contributed by atoms with Crippen LogP contribution in [-0.2, 0) is 7.05 Å². The van der Waals surface area contributed by atoms with Crippen molar-refractivity contribution in [3.05, 3.63) is 22.6 Å². The Morgan fingerprint density at radius 2 is 2.31 bits per heavy atom. The molecule has 1 aromatic rings. The summed E-state index contributed by atoms with van der Waals surface area (Å²) in [5.74, 6) is 0.559. The van der Waals surface area contributed by atoms with Crippen molar-refractivity contribution < 1.29 is 0 Å². The molecule has 0 unspecified atom stereocenters. The molecule has 0 saturated carbocycles. The predicted octanol–water partition coefficient (Wildman–Crippen LogP) is 0.848. The second kappa shape index (κ2) is 4.07. The molecule has 1 aromatic heterocycles. The lowest BCUT2D eigenvalue weighted by molar-refractivity contribution is 0.681. The van der Waals surface area contributed by atoms with Gasteiger partial charge in [0.1, 0.15) is 0 Å². The maximum atomic E-state index is 11.1. The molecule has 0 atom stereocenters. The van der Waals surface area contributed by atoms with Crippen LogP contribution in [0.25, 0.3) is 0 Å². The molecule has 0 saturated heterocycles. The highest BCUT2D eigenvalue weighted by Gasteiger charge is 1.97. The molecule has 0 amide bonds. The average Bonchev–Trinajstić information content (AvgIpc) is 2.07. The maximum absolute atomic E-state index is 11.1. The number of rotatable bonds is 3. The van der Waals surface area contributed by atoms with Gasteiger partial charge >= 0.3 is 0 Å². The number of anilines is 1. The molecule has 0 aromatic carbocycles. The minimum atomic E-state index is -0.0891. The number of nitrogens with zero attached hydrogens (tertiary/aromatic N) is 2. The average molecular weight is 181 g/mol. The molecule has 13 heavy (non-hydrogen) atoms. The number of aromatic nitrogens is 2. The van der Waals surface area contributed by atoms with Crippen LogP contribution in [0.5, 0.6) is 0 Å². The van der Waals surface area contributed by atoms with Gasteiger partial charge in [-0.05, 0) is 5.92 Å². The quantitative estimate of drug-likeness (QED) is 0.752. The zero-order valence-electron chi connectivity index (χ0n) is 8.24. The molecule has 0 aliphatic carbocycles. The molecule has 0 bridgehead atoms. The van der Waals surface area contributed by atoms with Crippen LogP contribution in [0.15, 0.2) is 17.1 Å². The molecule has 1 heterocycles. The van der Waals surface area contributed by atoms with E-state index in [0.717, 1.165) is 12.2 Å². The summed E-state index contributed by atoms with van der Waals surface area (Å²) in [5.41, 5.74) is 0.700. The van der Waals surface area contributed by atoms with Crippen molar-refractivity contribution in [1.29, 1.82) is 0 Å². The van der Waals surface area contributed by atoms with Crippen molar-refractivity contribution in [2.24, 2.45) is 13.0 Å². The Morgan fingerprint density at radius 3 is 2.85 bits per heavy atom. The highest BCUT2D eigenvalue weighted by atomic mass is 16.1. The van der Waals surface area contributed by atoms with Gasteiger partial charge in [-0.15, -0.1) is 0 Å². The molecule has 0 aliphatic heterocycles. The zero-order chi connectivity index (χ0) is 9.84. The van der Waals surface area contributed by atoms with Gasteiger partial charge < -0.3 is 5.32 Å². The predicted molar refractivity (Wildman–Crippen MR) is 52.8 cm³/mol. The van der Waals surface area contributed by atoms with Crippen molar-refractivity contribution in [1.82, 2.24) is 9.78 Å². The van der Waals surface area contributed by atoms with E-state index in [0.29, 0.717) is 5.92 Å². The van der Waals surface area contributed by atoms with Crippen LogP contribution >= 0.6 is 0 Å². The molecule has 0 spiro atoms. The van der Waals surface area contributed by atoms with Crippen LogP contribution in [0, 0.1) is 5.92 Å². The summed E-state index contributed by atoms with van der Waals surface area (Å²) in [5, 5.41) is 7.03. The number of hydrogen-bond donors (Lipinski definition) is 1. The first-order valence-electron chi connectivity index (χ1n) is 4.37. The van der Waals surface area contributed by atoms with E-state index in [1.54, 1.807) is 19.3 Å². The molecule has 0 fully saturated rings. The van der Waals surface area contributed by atoms with E-state index in [1.165, 1.54) is 4.68 Å². The lowest BCUT2D eigenvalue weighted by Gasteiger charge is -2.07. The highest BCUT2D eigenvalue weighted by molar-refractivity contribution is 5.38. The highest BCUT2D eigenvalue weighted by Crippen LogP contribution is 2.01. The molecule has 1 rings (SSSR count). The summed E-state index contributed by atoms with van der Waals surface area (Å²) in [7, 11) is 1.63. The first-order chi connectivity index (χ1) is 6.09. The summed E-state index contributed by atoms with van der Waals surface area (Å²) in [4.78, 5) is 11.1. The first kappa shape index (κ1) is 9.77. The summed E-state index contributed by atoms with van der Waals surface area (Å²) in [6, 6.07) is 1.55. The Balaban J connectivity index is 2.69. The van der Waals surface area contributed by atoms with Gasteiger partial charge in [-0.1, -0.05) is 13.8 Å². The molecule has 72 valence electrons. The number of hydrogen-bond acceptors (Lipinski definition) is 3. The van der Waals surface area contributed by atoms with Gasteiger partial charge in [-0.2, -0.15) is 5.10 Å². The third kappa shape index (κ3) is 2.89. The van der Waals surface area contributed by atoms with E-state index in [1.807, 2.05) is 0 Å². The summed E-state index contributed by atoms with van der Waals surface area (Å²) >= 11 is 0. The van der Waals surface area contributed by atoms with Crippen LogP contribution in [0.1, 0.15) is 13.8 Å².